The van der Waals surface area contributed by atoms with Crippen molar-refractivity contribution in [3.63, 3.8) is 0 Å². The van der Waals surface area contributed by atoms with E-state index in [1.165, 1.54) is 12.1 Å². The van der Waals surface area contributed by atoms with Gasteiger partial charge in [-0.15, -0.1) is 36.1 Å². The molecule has 108 valence electrons. The third kappa shape index (κ3) is 3.67. The molecule has 1 aromatic heterocycles. The van der Waals surface area contributed by atoms with Gasteiger partial charge in [-0.2, -0.15) is 0 Å². The van der Waals surface area contributed by atoms with Crippen molar-refractivity contribution in [3.05, 3.63) is 51.2 Å². The first-order valence-electron chi connectivity index (χ1n) is 5.83. The van der Waals surface area contributed by atoms with Crippen LogP contribution >= 0.6 is 22.9 Å². The average molecular weight is 321 g/mol. The van der Waals surface area contributed by atoms with Crippen molar-refractivity contribution in [2.45, 2.75) is 25.6 Å². The van der Waals surface area contributed by atoms with Gasteiger partial charge >= 0.3 is 6.36 Å². The molecule has 0 saturated heterocycles. The molecule has 0 spiro atoms. The van der Waals surface area contributed by atoms with Crippen molar-refractivity contribution in [1.82, 2.24) is 0 Å². The summed E-state index contributed by atoms with van der Waals surface area (Å²) >= 11 is 8.02. The van der Waals surface area contributed by atoms with Crippen LogP contribution < -0.4 is 4.74 Å². The van der Waals surface area contributed by atoms with Gasteiger partial charge in [-0.05, 0) is 43.2 Å². The Kier molecular flexibility index (Phi) is 4.30. The summed E-state index contributed by atoms with van der Waals surface area (Å²) in [4.78, 5) is 2.26. The van der Waals surface area contributed by atoms with Crippen molar-refractivity contribution in [2.24, 2.45) is 0 Å². The van der Waals surface area contributed by atoms with Crippen LogP contribution in [0.15, 0.2) is 30.3 Å². The van der Waals surface area contributed by atoms with Crippen LogP contribution in [-0.4, -0.2) is 6.36 Å². The van der Waals surface area contributed by atoms with Gasteiger partial charge in [-0.3, -0.25) is 0 Å². The average Bonchev–Trinajstić information content (AvgIpc) is 2.66. The number of hydrogen-bond donors (Lipinski definition) is 0. The fourth-order valence-corrected chi connectivity index (χ4v) is 3.32. The first-order valence-corrected chi connectivity index (χ1v) is 7.08. The normalized spacial score (nSPS) is 13.3. The molecule has 0 radical (unpaired) electrons. The third-order valence-electron chi connectivity index (χ3n) is 2.76. The molecule has 0 N–H and O–H groups in total. The van der Waals surface area contributed by atoms with Crippen LogP contribution in [-0.2, 0) is 0 Å². The number of benzene rings is 1. The summed E-state index contributed by atoms with van der Waals surface area (Å²) in [5.74, 6) is -0.247. The lowest BCUT2D eigenvalue weighted by Gasteiger charge is -2.12. The molecule has 1 nitrogen and oxygen atoms in total. The minimum atomic E-state index is -4.68. The summed E-state index contributed by atoms with van der Waals surface area (Å²) in [6.45, 7) is 3.97. The van der Waals surface area contributed by atoms with Crippen molar-refractivity contribution in [2.75, 3.05) is 0 Å². The highest BCUT2D eigenvalue weighted by Gasteiger charge is 2.31. The maximum absolute atomic E-state index is 12.1. The molecule has 0 fully saturated rings. The molecular formula is C14H12ClF3OS. The van der Waals surface area contributed by atoms with Crippen LogP contribution in [0.4, 0.5) is 13.2 Å². The highest BCUT2D eigenvalue weighted by atomic mass is 35.5. The smallest absolute Gasteiger partial charge is 0.406 e. The van der Waals surface area contributed by atoms with Crippen molar-refractivity contribution < 1.29 is 17.9 Å². The molecule has 1 unspecified atom stereocenters. The summed E-state index contributed by atoms with van der Waals surface area (Å²) < 4.78 is 40.1. The molecule has 0 aliphatic heterocycles. The first-order chi connectivity index (χ1) is 9.26. The van der Waals surface area contributed by atoms with Crippen LogP contribution in [0.5, 0.6) is 5.75 Å². The maximum Gasteiger partial charge on any atom is 0.573 e. The van der Waals surface area contributed by atoms with E-state index in [2.05, 4.69) is 4.74 Å². The molecule has 2 rings (SSSR count). The Morgan fingerprint density at radius 3 is 2.20 bits per heavy atom. The van der Waals surface area contributed by atoms with Crippen LogP contribution in [0, 0.1) is 13.8 Å². The van der Waals surface area contributed by atoms with E-state index in [4.69, 9.17) is 11.6 Å². The van der Waals surface area contributed by atoms with E-state index in [9.17, 15) is 13.2 Å². The molecule has 2 aromatic rings. The lowest BCUT2D eigenvalue weighted by molar-refractivity contribution is -0.274. The van der Waals surface area contributed by atoms with Gasteiger partial charge in [-0.1, -0.05) is 12.1 Å². The summed E-state index contributed by atoms with van der Waals surface area (Å²) in [5, 5.41) is -0.375. The number of hydrogen-bond acceptors (Lipinski definition) is 2. The third-order valence-corrected chi connectivity index (χ3v) is 4.23. The zero-order chi connectivity index (χ0) is 14.9. The molecule has 6 heteroatoms. The Labute approximate surface area is 124 Å². The molecule has 1 atom stereocenters. The Balaban J connectivity index is 2.19. The van der Waals surface area contributed by atoms with Gasteiger partial charge in [-0.25, -0.2) is 0 Å². The lowest BCUT2D eigenvalue weighted by Crippen LogP contribution is -2.17. The Hall–Kier alpha value is -1.20. The fraction of sp³-hybridized carbons (Fsp3) is 0.286. The number of rotatable bonds is 3. The zero-order valence-electron chi connectivity index (χ0n) is 10.8. The zero-order valence-corrected chi connectivity index (χ0v) is 12.4. The first kappa shape index (κ1) is 15.2. The van der Waals surface area contributed by atoms with Crippen molar-refractivity contribution in [3.8, 4) is 5.75 Å². The largest absolute Gasteiger partial charge is 0.573 e. The lowest BCUT2D eigenvalue weighted by atomic mass is 10.0. The Morgan fingerprint density at radius 1 is 1.15 bits per heavy atom. The van der Waals surface area contributed by atoms with Crippen LogP contribution in [0.3, 0.4) is 0 Å². The van der Waals surface area contributed by atoms with Gasteiger partial charge < -0.3 is 4.74 Å². The monoisotopic (exact) mass is 320 g/mol. The second-order valence-electron chi connectivity index (χ2n) is 4.35. The minimum Gasteiger partial charge on any atom is -0.406 e. The summed E-state index contributed by atoms with van der Waals surface area (Å²) in [7, 11) is 0. The quantitative estimate of drug-likeness (QED) is 0.670. The number of thiophene rings is 1. The molecule has 0 bridgehead atoms. The molecule has 0 aliphatic carbocycles. The van der Waals surface area contributed by atoms with Crippen LogP contribution in [0.2, 0.25) is 0 Å². The predicted molar refractivity (Wildman–Crippen MR) is 74.6 cm³/mol. The Morgan fingerprint density at radius 2 is 1.75 bits per heavy atom. The van der Waals surface area contributed by atoms with Gasteiger partial charge in [0.15, 0.2) is 0 Å². The molecule has 0 saturated carbocycles. The van der Waals surface area contributed by atoms with E-state index >= 15 is 0 Å². The molecule has 1 heterocycles. The minimum absolute atomic E-state index is 0.247. The topological polar surface area (TPSA) is 9.23 Å². The Bertz CT molecular complexity index is 589. The number of aryl methyl sites for hydroxylation is 2. The van der Waals surface area contributed by atoms with Gasteiger partial charge in [0.25, 0.3) is 0 Å². The van der Waals surface area contributed by atoms with E-state index < -0.39 is 6.36 Å². The number of alkyl halides is 4. The molecule has 1 aromatic carbocycles. The van der Waals surface area contributed by atoms with E-state index in [1.54, 1.807) is 23.5 Å². The van der Waals surface area contributed by atoms with E-state index in [0.717, 1.165) is 20.9 Å². The highest BCUT2D eigenvalue weighted by molar-refractivity contribution is 7.12. The summed E-state index contributed by atoms with van der Waals surface area (Å²) in [6.07, 6.45) is -4.68. The van der Waals surface area contributed by atoms with Crippen LogP contribution in [0.1, 0.15) is 26.3 Å². The van der Waals surface area contributed by atoms with Gasteiger partial charge in [0.2, 0.25) is 0 Å². The van der Waals surface area contributed by atoms with Gasteiger partial charge in [0, 0.05) is 9.75 Å². The van der Waals surface area contributed by atoms with Gasteiger partial charge in [0.05, 0.1) is 5.38 Å². The number of halogens is 4. The molecule has 0 aliphatic rings. The van der Waals surface area contributed by atoms with Crippen LogP contribution in [0.25, 0.3) is 0 Å². The highest BCUT2D eigenvalue weighted by Crippen LogP contribution is 2.36. The SMILES string of the molecule is Cc1cc(C(Cl)c2ccc(OC(F)(F)F)cc2)c(C)s1. The summed E-state index contributed by atoms with van der Waals surface area (Å²) in [6, 6.07) is 7.63. The molecule has 0 amide bonds. The van der Waals surface area contributed by atoms with E-state index in [-0.39, 0.29) is 11.1 Å². The van der Waals surface area contributed by atoms with E-state index in [0.29, 0.717) is 0 Å². The molecule has 20 heavy (non-hydrogen) atoms. The summed E-state index contributed by atoms with van der Waals surface area (Å²) in [5.41, 5.74) is 1.72. The van der Waals surface area contributed by atoms with Crippen molar-refractivity contribution >= 4 is 22.9 Å². The fourth-order valence-electron chi connectivity index (χ4n) is 1.92. The standard InChI is InChI=1S/C14H12ClF3OS/c1-8-7-12(9(2)20-8)13(15)10-3-5-11(6-4-10)19-14(16,17)18/h3-7,13H,1-2H3. The van der Waals surface area contributed by atoms with Crippen molar-refractivity contribution in [1.29, 1.82) is 0 Å². The second-order valence-corrected chi connectivity index (χ2v) is 6.24. The number of ether oxygens (including phenoxy) is 1. The van der Waals surface area contributed by atoms with E-state index in [1.807, 2.05) is 19.9 Å². The molecular weight excluding hydrogens is 309 g/mol. The van der Waals surface area contributed by atoms with Gasteiger partial charge in [0.1, 0.15) is 5.75 Å². The second kappa shape index (κ2) is 5.66. The maximum atomic E-state index is 12.1. The predicted octanol–water partition coefficient (Wildman–Crippen LogP) is 5.59.